The van der Waals surface area contributed by atoms with Crippen molar-refractivity contribution in [2.75, 3.05) is 32.1 Å². The molecule has 1 amide bonds. The maximum atomic E-state index is 12.0. The zero-order chi connectivity index (χ0) is 13.7. The first-order valence-electron chi connectivity index (χ1n) is 6.41. The number of carbonyl (C=O) groups is 1. The number of hydrogen-bond donors (Lipinski definition) is 2. The molecule has 1 aromatic heterocycles. The van der Waals surface area contributed by atoms with Crippen LogP contribution in [0.3, 0.4) is 0 Å². The maximum absolute atomic E-state index is 12.0. The van der Waals surface area contributed by atoms with Crippen molar-refractivity contribution in [1.82, 2.24) is 10.3 Å². The van der Waals surface area contributed by atoms with Crippen LogP contribution in [0.15, 0.2) is 12.1 Å². The second kappa shape index (κ2) is 6.73. The third-order valence-electron chi connectivity index (χ3n) is 3.12. The largest absolute Gasteiger partial charge is 0.381 e. The Balaban J connectivity index is 1.95. The van der Waals surface area contributed by atoms with E-state index in [-0.39, 0.29) is 11.6 Å². The number of pyridine rings is 1. The third kappa shape index (κ3) is 3.81. The number of nitrogens with zero attached hydrogens (tertiary/aromatic N) is 1. The first-order valence-corrected chi connectivity index (χ1v) is 6.78. The van der Waals surface area contributed by atoms with Gasteiger partial charge in [-0.3, -0.25) is 4.79 Å². The number of nitrogens with one attached hydrogen (secondary N) is 2. The van der Waals surface area contributed by atoms with Crippen molar-refractivity contribution in [3.8, 4) is 0 Å². The molecule has 0 aromatic carbocycles. The van der Waals surface area contributed by atoms with Crippen LogP contribution in [-0.2, 0) is 4.74 Å². The van der Waals surface area contributed by atoms with Crippen LogP contribution in [0.1, 0.15) is 23.3 Å². The molecule has 2 N–H and O–H groups in total. The molecule has 5 nitrogen and oxygen atoms in total. The Morgan fingerprint density at radius 2 is 2.42 bits per heavy atom. The van der Waals surface area contributed by atoms with Crippen LogP contribution in [0.2, 0.25) is 5.02 Å². The summed E-state index contributed by atoms with van der Waals surface area (Å²) in [5.74, 6) is 0.757. The van der Waals surface area contributed by atoms with Gasteiger partial charge in [-0.1, -0.05) is 11.6 Å². The minimum atomic E-state index is -0.243. The molecule has 1 fully saturated rings. The van der Waals surface area contributed by atoms with Crippen LogP contribution in [-0.4, -0.2) is 37.7 Å². The summed E-state index contributed by atoms with van der Waals surface area (Å²) in [5.41, 5.74) is 0.255. The van der Waals surface area contributed by atoms with Crippen LogP contribution in [0.4, 0.5) is 5.82 Å². The number of amides is 1. The fraction of sp³-hybridized carbons (Fsp3) is 0.538. The van der Waals surface area contributed by atoms with E-state index in [0.717, 1.165) is 19.4 Å². The first-order chi connectivity index (χ1) is 9.20. The van der Waals surface area contributed by atoms with Gasteiger partial charge in [-0.15, -0.1) is 0 Å². The molecule has 2 rings (SSSR count). The molecule has 0 spiro atoms. The Hall–Kier alpha value is -1.33. The summed E-state index contributed by atoms with van der Waals surface area (Å²) in [5, 5.41) is 6.11. The summed E-state index contributed by atoms with van der Waals surface area (Å²) in [6.45, 7) is 2.13. The number of ether oxygens (including phenoxy) is 1. The predicted octanol–water partition coefficient (Wildman–Crippen LogP) is 1.93. The standard InChI is InChI=1S/C13H18ClN3O2/c1-15-11-5-4-10(14)12(17-11)13(18)16-7-9-3-2-6-19-8-9/h4-5,9H,2-3,6-8H2,1H3,(H,15,17)(H,16,18). The fourth-order valence-electron chi connectivity index (χ4n) is 2.03. The molecule has 1 atom stereocenters. The van der Waals surface area contributed by atoms with Crippen molar-refractivity contribution in [3.63, 3.8) is 0 Å². The van der Waals surface area contributed by atoms with Crippen LogP contribution < -0.4 is 10.6 Å². The van der Waals surface area contributed by atoms with Gasteiger partial charge in [0.05, 0.1) is 11.6 Å². The highest BCUT2D eigenvalue weighted by Crippen LogP contribution is 2.17. The number of aromatic nitrogens is 1. The predicted molar refractivity (Wildman–Crippen MR) is 74.7 cm³/mol. The van der Waals surface area contributed by atoms with Crippen molar-refractivity contribution in [2.45, 2.75) is 12.8 Å². The Morgan fingerprint density at radius 1 is 1.58 bits per heavy atom. The summed E-state index contributed by atoms with van der Waals surface area (Å²) in [6, 6.07) is 3.40. The molecule has 1 unspecified atom stereocenters. The average molecular weight is 284 g/mol. The van der Waals surface area contributed by atoms with Crippen molar-refractivity contribution < 1.29 is 9.53 Å². The number of hydrogen-bond acceptors (Lipinski definition) is 4. The molecule has 1 saturated heterocycles. The van der Waals surface area contributed by atoms with E-state index in [1.807, 2.05) is 0 Å². The molecular weight excluding hydrogens is 266 g/mol. The molecular formula is C13H18ClN3O2. The second-order valence-electron chi connectivity index (χ2n) is 4.57. The van der Waals surface area contributed by atoms with Crippen molar-refractivity contribution in [3.05, 3.63) is 22.8 Å². The molecule has 2 heterocycles. The molecule has 1 aromatic rings. The van der Waals surface area contributed by atoms with Crippen LogP contribution in [0, 0.1) is 5.92 Å². The van der Waals surface area contributed by atoms with Gasteiger partial charge < -0.3 is 15.4 Å². The Labute approximate surface area is 117 Å². The lowest BCUT2D eigenvalue weighted by Gasteiger charge is -2.22. The smallest absolute Gasteiger partial charge is 0.271 e. The molecule has 6 heteroatoms. The van der Waals surface area contributed by atoms with E-state index in [2.05, 4.69) is 15.6 Å². The van der Waals surface area contributed by atoms with E-state index in [1.165, 1.54) is 0 Å². The highest BCUT2D eigenvalue weighted by atomic mass is 35.5. The van der Waals surface area contributed by atoms with Gasteiger partial charge in [0.25, 0.3) is 5.91 Å². The normalized spacial score (nSPS) is 18.9. The van der Waals surface area contributed by atoms with E-state index in [9.17, 15) is 4.79 Å². The molecule has 0 bridgehead atoms. The summed E-state index contributed by atoms with van der Waals surface area (Å²) < 4.78 is 5.38. The highest BCUT2D eigenvalue weighted by Gasteiger charge is 2.17. The van der Waals surface area contributed by atoms with E-state index < -0.39 is 0 Å². The van der Waals surface area contributed by atoms with Crippen molar-refractivity contribution >= 4 is 23.3 Å². The Kier molecular flexibility index (Phi) is 4.99. The lowest BCUT2D eigenvalue weighted by Crippen LogP contribution is -2.33. The minimum absolute atomic E-state index is 0.243. The van der Waals surface area contributed by atoms with Gasteiger partial charge >= 0.3 is 0 Å². The SMILES string of the molecule is CNc1ccc(Cl)c(C(=O)NCC2CCCOC2)n1. The molecule has 1 aliphatic heterocycles. The number of anilines is 1. The van der Waals surface area contributed by atoms with E-state index in [1.54, 1.807) is 19.2 Å². The summed E-state index contributed by atoms with van der Waals surface area (Å²) in [6.07, 6.45) is 2.13. The lowest BCUT2D eigenvalue weighted by atomic mass is 10.0. The van der Waals surface area contributed by atoms with Crippen molar-refractivity contribution in [1.29, 1.82) is 0 Å². The Bertz CT molecular complexity index is 448. The average Bonchev–Trinajstić information content (AvgIpc) is 2.46. The molecule has 0 radical (unpaired) electrons. The van der Waals surface area contributed by atoms with Gasteiger partial charge in [0, 0.05) is 20.2 Å². The molecule has 0 aliphatic carbocycles. The summed E-state index contributed by atoms with van der Waals surface area (Å²) in [4.78, 5) is 16.2. The van der Waals surface area contributed by atoms with Crippen LogP contribution >= 0.6 is 11.6 Å². The maximum Gasteiger partial charge on any atom is 0.271 e. The van der Waals surface area contributed by atoms with Gasteiger partial charge in [0.1, 0.15) is 11.5 Å². The number of carbonyl (C=O) groups excluding carboxylic acids is 1. The van der Waals surface area contributed by atoms with E-state index in [0.29, 0.717) is 29.9 Å². The van der Waals surface area contributed by atoms with Gasteiger partial charge in [0.15, 0.2) is 0 Å². The summed E-state index contributed by atoms with van der Waals surface area (Å²) >= 11 is 5.99. The van der Waals surface area contributed by atoms with E-state index >= 15 is 0 Å². The van der Waals surface area contributed by atoms with Gasteiger partial charge in [0.2, 0.25) is 0 Å². The zero-order valence-electron chi connectivity index (χ0n) is 10.9. The number of rotatable bonds is 4. The molecule has 104 valence electrons. The minimum Gasteiger partial charge on any atom is -0.381 e. The monoisotopic (exact) mass is 283 g/mol. The quantitative estimate of drug-likeness (QED) is 0.886. The first kappa shape index (κ1) is 14.1. The van der Waals surface area contributed by atoms with Crippen LogP contribution in [0.25, 0.3) is 0 Å². The molecule has 1 aliphatic rings. The number of halogens is 1. The fourth-order valence-corrected chi connectivity index (χ4v) is 2.22. The topological polar surface area (TPSA) is 63.2 Å². The van der Waals surface area contributed by atoms with Gasteiger partial charge in [-0.25, -0.2) is 4.98 Å². The second-order valence-corrected chi connectivity index (χ2v) is 4.98. The van der Waals surface area contributed by atoms with E-state index in [4.69, 9.17) is 16.3 Å². The Morgan fingerprint density at radius 3 is 3.11 bits per heavy atom. The van der Waals surface area contributed by atoms with Gasteiger partial charge in [-0.2, -0.15) is 0 Å². The molecule has 19 heavy (non-hydrogen) atoms. The lowest BCUT2D eigenvalue weighted by molar-refractivity contribution is 0.0536. The highest BCUT2D eigenvalue weighted by molar-refractivity contribution is 6.33. The van der Waals surface area contributed by atoms with Crippen molar-refractivity contribution in [2.24, 2.45) is 5.92 Å². The molecule has 0 saturated carbocycles. The van der Waals surface area contributed by atoms with Gasteiger partial charge in [-0.05, 0) is 30.9 Å². The third-order valence-corrected chi connectivity index (χ3v) is 3.43. The van der Waals surface area contributed by atoms with Crippen LogP contribution in [0.5, 0.6) is 0 Å². The summed E-state index contributed by atoms with van der Waals surface area (Å²) in [7, 11) is 1.75. The zero-order valence-corrected chi connectivity index (χ0v) is 11.7.